The van der Waals surface area contributed by atoms with E-state index in [9.17, 15) is 5.26 Å². The van der Waals surface area contributed by atoms with Crippen molar-refractivity contribution in [3.05, 3.63) is 42.0 Å². The second kappa shape index (κ2) is 5.54. The lowest BCUT2D eigenvalue weighted by Crippen LogP contribution is -2.24. The zero-order chi connectivity index (χ0) is 14.8. The van der Waals surface area contributed by atoms with E-state index in [0.717, 1.165) is 28.6 Å². The Balaban J connectivity index is 2.31. The summed E-state index contributed by atoms with van der Waals surface area (Å²) in [7, 11) is 0. The molecule has 0 aromatic heterocycles. The molecule has 0 heterocycles. The number of nitrogens with one attached hydrogen (secondary N) is 1. The van der Waals surface area contributed by atoms with E-state index < -0.39 is 0 Å². The predicted octanol–water partition coefficient (Wildman–Crippen LogP) is 4.81. The summed E-state index contributed by atoms with van der Waals surface area (Å²) < 4.78 is 0. The van der Waals surface area contributed by atoms with Gasteiger partial charge < -0.3 is 5.32 Å². The first-order chi connectivity index (χ1) is 9.43. The lowest BCUT2D eigenvalue weighted by Gasteiger charge is -2.28. The number of rotatable bonds is 3. The summed E-state index contributed by atoms with van der Waals surface area (Å²) >= 11 is 0. The third kappa shape index (κ3) is 2.93. The summed E-state index contributed by atoms with van der Waals surface area (Å²) in [5.74, 6) is 0.567. The fourth-order valence-electron chi connectivity index (χ4n) is 2.12. The van der Waals surface area contributed by atoms with Gasteiger partial charge in [-0.3, -0.25) is 0 Å². The molecule has 1 unspecified atom stereocenters. The minimum atomic E-state index is 0.287. The predicted molar refractivity (Wildman–Crippen MR) is 85.8 cm³/mol. The Kier molecular flexibility index (Phi) is 3.99. The zero-order valence-electron chi connectivity index (χ0n) is 12.7. The third-order valence-electron chi connectivity index (χ3n) is 4.12. The molecule has 0 saturated heterocycles. The van der Waals surface area contributed by atoms with E-state index in [1.807, 2.05) is 30.3 Å². The molecule has 1 N–H and O–H groups in total. The van der Waals surface area contributed by atoms with E-state index in [2.05, 4.69) is 45.1 Å². The molecule has 0 spiro atoms. The molecule has 2 nitrogen and oxygen atoms in total. The minimum Gasteiger partial charge on any atom is -0.384 e. The van der Waals surface area contributed by atoms with Gasteiger partial charge in [-0.1, -0.05) is 52.0 Å². The van der Waals surface area contributed by atoms with Crippen LogP contribution in [0.2, 0.25) is 0 Å². The maximum Gasteiger partial charge on any atom is 0.0998 e. The summed E-state index contributed by atoms with van der Waals surface area (Å²) in [6, 6.07) is 14.2. The van der Waals surface area contributed by atoms with E-state index in [4.69, 9.17) is 0 Å². The zero-order valence-corrected chi connectivity index (χ0v) is 12.7. The van der Waals surface area contributed by atoms with Crippen molar-refractivity contribution in [3.8, 4) is 6.07 Å². The van der Waals surface area contributed by atoms with Crippen molar-refractivity contribution in [2.75, 3.05) is 11.9 Å². The van der Waals surface area contributed by atoms with Crippen molar-refractivity contribution < 1.29 is 0 Å². The van der Waals surface area contributed by atoms with Gasteiger partial charge in [-0.15, -0.1) is 0 Å². The van der Waals surface area contributed by atoms with E-state index in [-0.39, 0.29) is 5.41 Å². The number of nitriles is 1. The van der Waals surface area contributed by atoms with Gasteiger partial charge >= 0.3 is 0 Å². The number of benzene rings is 2. The van der Waals surface area contributed by atoms with Gasteiger partial charge in [0, 0.05) is 23.0 Å². The normalized spacial score (nSPS) is 12.9. The molecule has 2 heteroatoms. The summed E-state index contributed by atoms with van der Waals surface area (Å²) in [5.41, 5.74) is 2.13. The van der Waals surface area contributed by atoms with Crippen molar-refractivity contribution in [2.45, 2.75) is 27.7 Å². The molecule has 0 saturated carbocycles. The van der Waals surface area contributed by atoms with Gasteiger partial charge in [-0.05, 0) is 23.5 Å². The third-order valence-corrected chi connectivity index (χ3v) is 4.12. The highest BCUT2D eigenvalue weighted by molar-refractivity contribution is 5.97. The molecule has 0 radical (unpaired) electrons. The Morgan fingerprint density at radius 1 is 1.10 bits per heavy atom. The molecule has 0 aliphatic rings. The smallest absolute Gasteiger partial charge is 0.0998 e. The van der Waals surface area contributed by atoms with Gasteiger partial charge in [-0.2, -0.15) is 5.26 Å². The maximum absolute atomic E-state index is 9.18. The molecule has 0 aliphatic heterocycles. The van der Waals surface area contributed by atoms with Gasteiger partial charge in [0.05, 0.1) is 11.6 Å². The topological polar surface area (TPSA) is 35.8 Å². The van der Waals surface area contributed by atoms with Gasteiger partial charge in [0.15, 0.2) is 0 Å². The summed E-state index contributed by atoms with van der Waals surface area (Å²) in [4.78, 5) is 0. The molecule has 0 fully saturated rings. The van der Waals surface area contributed by atoms with E-state index in [1.54, 1.807) is 0 Å². The van der Waals surface area contributed by atoms with Gasteiger partial charge in [-0.25, -0.2) is 0 Å². The second-order valence-electron chi connectivity index (χ2n) is 6.47. The van der Waals surface area contributed by atoms with Crippen molar-refractivity contribution in [1.82, 2.24) is 0 Å². The average molecular weight is 266 g/mol. The van der Waals surface area contributed by atoms with Crippen LogP contribution in [0.4, 0.5) is 5.69 Å². The standard InChI is InChI=1S/C18H22N2/c1-13(18(2,3)4)12-20-17-10-9-14(11-19)15-7-5-6-8-16(15)17/h5-10,13,20H,12H2,1-4H3. The Bertz CT molecular complexity index is 644. The quantitative estimate of drug-likeness (QED) is 0.865. The van der Waals surface area contributed by atoms with Gasteiger partial charge in [0.25, 0.3) is 0 Å². The summed E-state index contributed by atoms with van der Waals surface area (Å²) in [5, 5.41) is 14.9. The summed E-state index contributed by atoms with van der Waals surface area (Å²) in [6.07, 6.45) is 0. The van der Waals surface area contributed by atoms with Crippen LogP contribution in [0.25, 0.3) is 10.8 Å². The highest BCUT2D eigenvalue weighted by atomic mass is 14.9. The minimum absolute atomic E-state index is 0.287. The van der Waals surface area contributed by atoms with E-state index in [0.29, 0.717) is 5.92 Å². The van der Waals surface area contributed by atoms with Crippen molar-refractivity contribution in [1.29, 1.82) is 5.26 Å². The number of fused-ring (bicyclic) bond motifs is 1. The van der Waals surface area contributed by atoms with Gasteiger partial charge in [0.1, 0.15) is 0 Å². The maximum atomic E-state index is 9.18. The van der Waals surface area contributed by atoms with Crippen LogP contribution in [0.15, 0.2) is 36.4 Å². The van der Waals surface area contributed by atoms with Crippen LogP contribution in [-0.4, -0.2) is 6.54 Å². The number of hydrogen-bond acceptors (Lipinski definition) is 2. The lowest BCUT2D eigenvalue weighted by molar-refractivity contribution is 0.274. The summed E-state index contributed by atoms with van der Waals surface area (Å²) in [6.45, 7) is 9.97. The molecule has 2 rings (SSSR count). The molecule has 2 aromatic carbocycles. The Morgan fingerprint density at radius 3 is 2.35 bits per heavy atom. The number of hydrogen-bond donors (Lipinski definition) is 1. The van der Waals surface area contributed by atoms with Gasteiger partial charge in [0.2, 0.25) is 0 Å². The van der Waals surface area contributed by atoms with Crippen molar-refractivity contribution in [2.24, 2.45) is 11.3 Å². The molecular weight excluding hydrogens is 244 g/mol. The molecule has 0 bridgehead atoms. The van der Waals surface area contributed by atoms with Crippen LogP contribution in [-0.2, 0) is 0 Å². The highest BCUT2D eigenvalue weighted by Crippen LogP contribution is 2.29. The van der Waals surface area contributed by atoms with Crippen LogP contribution in [0, 0.1) is 22.7 Å². The molecule has 0 aliphatic carbocycles. The first kappa shape index (κ1) is 14.4. The fourth-order valence-corrected chi connectivity index (χ4v) is 2.12. The van der Waals surface area contributed by atoms with E-state index >= 15 is 0 Å². The Labute approximate surface area is 121 Å². The number of nitrogens with zero attached hydrogens (tertiary/aromatic N) is 1. The molecule has 2 aromatic rings. The monoisotopic (exact) mass is 266 g/mol. The second-order valence-corrected chi connectivity index (χ2v) is 6.47. The molecule has 0 amide bonds. The van der Waals surface area contributed by atoms with Crippen molar-refractivity contribution in [3.63, 3.8) is 0 Å². The first-order valence-electron chi connectivity index (χ1n) is 7.09. The average Bonchev–Trinajstić information content (AvgIpc) is 2.43. The van der Waals surface area contributed by atoms with Crippen LogP contribution < -0.4 is 5.32 Å². The van der Waals surface area contributed by atoms with Crippen LogP contribution in [0.3, 0.4) is 0 Å². The first-order valence-corrected chi connectivity index (χ1v) is 7.09. The largest absolute Gasteiger partial charge is 0.384 e. The van der Waals surface area contributed by atoms with Crippen LogP contribution >= 0.6 is 0 Å². The van der Waals surface area contributed by atoms with Crippen LogP contribution in [0.1, 0.15) is 33.3 Å². The molecule has 1 atom stereocenters. The Hall–Kier alpha value is -2.01. The number of anilines is 1. The lowest BCUT2D eigenvalue weighted by atomic mass is 9.82. The van der Waals surface area contributed by atoms with E-state index in [1.165, 1.54) is 0 Å². The fraction of sp³-hybridized carbons (Fsp3) is 0.389. The Morgan fingerprint density at radius 2 is 1.75 bits per heavy atom. The van der Waals surface area contributed by atoms with Crippen molar-refractivity contribution >= 4 is 16.5 Å². The molecular formula is C18H22N2. The molecule has 20 heavy (non-hydrogen) atoms. The molecule has 104 valence electrons. The SMILES string of the molecule is CC(CNc1ccc(C#N)c2ccccc12)C(C)(C)C. The van der Waals surface area contributed by atoms with Crippen LogP contribution in [0.5, 0.6) is 0 Å². The highest BCUT2D eigenvalue weighted by Gasteiger charge is 2.19.